The SMILES string of the molecule is C[C@]12CCC(/C=C\CCCN)CC1/C(=N/O)C[C@@H]1[C@@H]2CC[C@]2(C)C(=O)CC[C@@H]12.O=C(O)/C=C/C(=O)O. The molecule has 0 aromatic rings. The van der Waals surface area contributed by atoms with Crippen LogP contribution >= 0.6 is 0 Å². The molecule has 0 heterocycles. The Morgan fingerprint density at radius 3 is 2.39 bits per heavy atom. The van der Waals surface area contributed by atoms with E-state index in [0.29, 0.717) is 47.5 Å². The van der Waals surface area contributed by atoms with Gasteiger partial charge in [-0.05, 0) is 93.4 Å². The minimum absolute atomic E-state index is 0.117. The molecule has 0 aromatic carbocycles. The maximum Gasteiger partial charge on any atom is 0.328 e. The van der Waals surface area contributed by atoms with Crippen LogP contribution in [-0.4, -0.2) is 45.4 Å². The van der Waals surface area contributed by atoms with Gasteiger partial charge in [-0.3, -0.25) is 4.79 Å². The molecule has 4 rings (SSSR count). The van der Waals surface area contributed by atoms with E-state index >= 15 is 0 Å². The molecule has 2 unspecified atom stereocenters. The van der Waals surface area contributed by atoms with E-state index in [1.165, 1.54) is 19.3 Å². The van der Waals surface area contributed by atoms with E-state index in [-0.39, 0.29) is 10.8 Å². The van der Waals surface area contributed by atoms with E-state index in [1.54, 1.807) is 0 Å². The number of carboxylic acid groups (broad SMARTS) is 2. The van der Waals surface area contributed by atoms with Gasteiger partial charge in [0.2, 0.25) is 0 Å². The summed E-state index contributed by atoms with van der Waals surface area (Å²) in [4.78, 5) is 31.7. The number of ketones is 1. The molecule has 5 N–H and O–H groups in total. The molecule has 4 aliphatic carbocycles. The molecule has 8 heteroatoms. The van der Waals surface area contributed by atoms with Crippen LogP contribution in [0.3, 0.4) is 0 Å². The molecule has 0 saturated heterocycles. The maximum atomic E-state index is 12.6. The van der Waals surface area contributed by atoms with Crippen molar-refractivity contribution in [3.05, 3.63) is 24.3 Å². The molecule has 0 radical (unpaired) electrons. The normalized spacial score (nSPS) is 38.8. The van der Waals surface area contributed by atoms with Gasteiger partial charge in [0, 0.05) is 29.9 Å². The highest BCUT2D eigenvalue weighted by Gasteiger charge is 2.61. The number of fused-ring (bicyclic) bond motifs is 5. The van der Waals surface area contributed by atoms with Crippen molar-refractivity contribution in [2.75, 3.05) is 6.54 Å². The number of unbranched alkanes of at least 4 members (excludes halogenated alkanes) is 1. The van der Waals surface area contributed by atoms with E-state index < -0.39 is 11.9 Å². The average molecular weight is 503 g/mol. The van der Waals surface area contributed by atoms with E-state index in [1.807, 2.05) is 0 Å². The summed E-state index contributed by atoms with van der Waals surface area (Å²) in [5.41, 5.74) is 6.73. The number of hydrogen-bond acceptors (Lipinski definition) is 6. The molecule has 4 aliphatic rings. The van der Waals surface area contributed by atoms with Gasteiger partial charge in [-0.15, -0.1) is 0 Å². The summed E-state index contributed by atoms with van der Waals surface area (Å²) < 4.78 is 0. The molecule has 8 nitrogen and oxygen atoms in total. The highest BCUT2D eigenvalue weighted by atomic mass is 16.4. The number of carbonyl (C=O) groups excluding carboxylic acids is 1. The molecule has 200 valence electrons. The molecular formula is C28H42N2O6. The number of nitrogens with two attached hydrogens (primary N) is 1. The minimum Gasteiger partial charge on any atom is -0.478 e. The van der Waals surface area contributed by atoms with Crippen LogP contribution < -0.4 is 5.73 Å². The Kier molecular flexibility index (Phi) is 9.14. The lowest BCUT2D eigenvalue weighted by Gasteiger charge is -2.60. The van der Waals surface area contributed by atoms with Crippen LogP contribution in [0, 0.1) is 40.4 Å². The second-order valence-electron chi connectivity index (χ2n) is 11.6. The van der Waals surface area contributed by atoms with Crippen LogP contribution in [0.1, 0.15) is 78.1 Å². The second-order valence-corrected chi connectivity index (χ2v) is 11.6. The van der Waals surface area contributed by atoms with Gasteiger partial charge in [0.25, 0.3) is 0 Å². The fourth-order valence-electron chi connectivity index (χ4n) is 7.82. The second kappa shape index (κ2) is 11.7. The van der Waals surface area contributed by atoms with Crippen LogP contribution in [0.15, 0.2) is 29.5 Å². The lowest BCUT2D eigenvalue weighted by atomic mass is 9.44. The lowest BCUT2D eigenvalue weighted by Crippen LogP contribution is -2.56. The van der Waals surface area contributed by atoms with Crippen molar-refractivity contribution in [2.24, 2.45) is 51.3 Å². The van der Waals surface area contributed by atoms with Gasteiger partial charge in [0.1, 0.15) is 5.78 Å². The van der Waals surface area contributed by atoms with E-state index in [4.69, 9.17) is 15.9 Å². The van der Waals surface area contributed by atoms with Gasteiger partial charge in [0.05, 0.1) is 5.71 Å². The highest BCUT2D eigenvalue weighted by Crippen LogP contribution is 2.65. The summed E-state index contributed by atoms with van der Waals surface area (Å²) in [7, 11) is 0. The molecule has 0 spiro atoms. The molecule has 0 aromatic heterocycles. The van der Waals surface area contributed by atoms with E-state index in [9.17, 15) is 19.6 Å². The number of rotatable bonds is 6. The van der Waals surface area contributed by atoms with Crippen LogP contribution in [0.5, 0.6) is 0 Å². The Balaban J connectivity index is 0.000000392. The fourth-order valence-corrected chi connectivity index (χ4v) is 7.82. The Morgan fingerprint density at radius 1 is 1.08 bits per heavy atom. The van der Waals surface area contributed by atoms with Gasteiger partial charge in [-0.2, -0.15) is 0 Å². The van der Waals surface area contributed by atoms with Crippen molar-refractivity contribution < 1.29 is 29.8 Å². The molecule has 4 saturated carbocycles. The minimum atomic E-state index is -1.26. The summed E-state index contributed by atoms with van der Waals surface area (Å²) in [5.74, 6) is 0.631. The van der Waals surface area contributed by atoms with Crippen LogP contribution in [0.2, 0.25) is 0 Å². The molecule has 4 fully saturated rings. The predicted molar refractivity (Wildman–Crippen MR) is 137 cm³/mol. The molecule has 7 atom stereocenters. The third-order valence-corrected chi connectivity index (χ3v) is 9.71. The van der Waals surface area contributed by atoms with Crippen molar-refractivity contribution >= 4 is 23.4 Å². The van der Waals surface area contributed by atoms with Gasteiger partial charge < -0.3 is 21.2 Å². The number of carbonyl (C=O) groups is 3. The molecule has 0 aliphatic heterocycles. The van der Waals surface area contributed by atoms with Gasteiger partial charge in [-0.1, -0.05) is 31.2 Å². The van der Waals surface area contributed by atoms with Crippen LogP contribution in [0.4, 0.5) is 0 Å². The summed E-state index contributed by atoms with van der Waals surface area (Å²) in [5, 5.41) is 29.4. The summed E-state index contributed by atoms with van der Waals surface area (Å²) in [6, 6.07) is 0. The van der Waals surface area contributed by atoms with Crippen LogP contribution in [-0.2, 0) is 14.4 Å². The first-order valence-electron chi connectivity index (χ1n) is 13.3. The zero-order chi connectivity index (χ0) is 26.5. The first kappa shape index (κ1) is 28.1. The zero-order valence-corrected chi connectivity index (χ0v) is 21.6. The maximum absolute atomic E-state index is 12.6. The standard InChI is InChI=1S/C24H38N2O2.C4H4O4/c1-23-11-9-16(6-4-3-5-13-25)14-20(23)21(26-28)15-17-18-7-8-22(27)24(18,2)12-10-19(17)23;5-3(6)1-2-4(7)8/h4,6,16-20,28H,3,5,7-15,25H2,1-2H3;1-2H,(H,5,6)(H,7,8)/b6-4-,26-21+;2-1+/t16?,17-,18-,19-,20?,23+,24-;/m0./s1. The fraction of sp³-hybridized carbons (Fsp3) is 0.714. The molecular weight excluding hydrogens is 460 g/mol. The van der Waals surface area contributed by atoms with Gasteiger partial charge in [0.15, 0.2) is 0 Å². The molecule has 0 bridgehead atoms. The topological polar surface area (TPSA) is 150 Å². The van der Waals surface area contributed by atoms with Crippen LogP contribution in [0.25, 0.3) is 0 Å². The lowest BCUT2D eigenvalue weighted by molar-refractivity contribution is -0.134. The number of hydrogen-bond donors (Lipinski definition) is 4. The number of aliphatic carboxylic acids is 2. The number of oxime groups is 1. The third-order valence-electron chi connectivity index (χ3n) is 9.71. The third kappa shape index (κ3) is 5.74. The summed E-state index contributed by atoms with van der Waals surface area (Å²) >= 11 is 0. The van der Waals surface area contributed by atoms with Crippen molar-refractivity contribution in [1.82, 2.24) is 0 Å². The van der Waals surface area contributed by atoms with Crippen molar-refractivity contribution in [2.45, 2.75) is 78.1 Å². The Labute approximate surface area is 213 Å². The predicted octanol–water partition coefficient (Wildman–Crippen LogP) is 4.66. The summed E-state index contributed by atoms with van der Waals surface area (Å²) in [6.07, 6.45) is 16.4. The number of nitrogens with zero attached hydrogens (tertiary/aromatic N) is 1. The van der Waals surface area contributed by atoms with Crippen molar-refractivity contribution in [3.63, 3.8) is 0 Å². The van der Waals surface area contributed by atoms with Crippen molar-refractivity contribution in [1.29, 1.82) is 0 Å². The first-order valence-corrected chi connectivity index (χ1v) is 13.3. The first-order chi connectivity index (χ1) is 17.1. The largest absolute Gasteiger partial charge is 0.478 e. The summed E-state index contributed by atoms with van der Waals surface area (Å²) in [6.45, 7) is 5.44. The Hall–Kier alpha value is -2.48. The monoisotopic (exact) mass is 502 g/mol. The molecule has 0 amide bonds. The average Bonchev–Trinajstić information content (AvgIpc) is 3.15. The highest BCUT2D eigenvalue weighted by molar-refractivity contribution is 5.90. The Morgan fingerprint density at radius 2 is 1.78 bits per heavy atom. The van der Waals surface area contributed by atoms with Gasteiger partial charge in [-0.25, -0.2) is 9.59 Å². The zero-order valence-electron chi connectivity index (χ0n) is 21.6. The van der Waals surface area contributed by atoms with E-state index in [0.717, 1.165) is 57.2 Å². The quantitative estimate of drug-likeness (QED) is 0.136. The number of Topliss-reactive ketones (excluding diaryl/α,β-unsaturated/α-hetero) is 1. The van der Waals surface area contributed by atoms with Crippen molar-refractivity contribution in [3.8, 4) is 0 Å². The molecule has 36 heavy (non-hydrogen) atoms. The smallest absolute Gasteiger partial charge is 0.328 e. The number of carboxylic acids is 2. The Bertz CT molecular complexity index is 911. The van der Waals surface area contributed by atoms with Gasteiger partial charge >= 0.3 is 11.9 Å². The number of allylic oxidation sites excluding steroid dienone is 2. The van der Waals surface area contributed by atoms with E-state index in [2.05, 4.69) is 31.2 Å².